The van der Waals surface area contributed by atoms with Crippen molar-refractivity contribution in [3.8, 4) is 11.6 Å². The molecule has 0 saturated carbocycles. The van der Waals surface area contributed by atoms with Crippen molar-refractivity contribution in [2.24, 2.45) is 0 Å². The molecule has 0 saturated heterocycles. The summed E-state index contributed by atoms with van der Waals surface area (Å²) in [6.45, 7) is -0.138. The molecule has 0 amide bonds. The van der Waals surface area contributed by atoms with Crippen molar-refractivity contribution in [2.75, 3.05) is 5.75 Å². The van der Waals surface area contributed by atoms with Crippen LogP contribution >= 0.6 is 11.6 Å². The largest absolute Gasteiger partial charge is 0.441 e. The third-order valence-corrected chi connectivity index (χ3v) is 5.17. The summed E-state index contributed by atoms with van der Waals surface area (Å²) in [6.07, 6.45) is 2.96. The van der Waals surface area contributed by atoms with Crippen molar-refractivity contribution < 1.29 is 12.9 Å². The lowest BCUT2D eigenvalue weighted by Crippen LogP contribution is -2.22. The van der Waals surface area contributed by atoms with Crippen LogP contribution in [0, 0.1) is 0 Å². The number of benzene rings is 1. The van der Waals surface area contributed by atoms with Gasteiger partial charge in [0.2, 0.25) is 5.82 Å². The van der Waals surface area contributed by atoms with E-state index in [1.807, 2.05) is 0 Å². The van der Waals surface area contributed by atoms with Crippen molar-refractivity contribution in [3.63, 3.8) is 0 Å². The number of nitrogens with zero attached hydrogens (tertiary/aromatic N) is 4. The Morgan fingerprint density at radius 3 is 2.46 bits per heavy atom. The molecule has 0 atom stereocenters. The smallest absolute Gasteiger partial charge is 0.295 e. The highest BCUT2D eigenvalue weighted by molar-refractivity contribution is 7.91. The maximum atomic E-state index is 12.4. The fourth-order valence-electron chi connectivity index (χ4n) is 2.01. The maximum absolute atomic E-state index is 12.4. The lowest BCUT2D eigenvalue weighted by molar-refractivity contribution is 0.377. The summed E-state index contributed by atoms with van der Waals surface area (Å²) in [6, 6.07) is 7.41. The van der Waals surface area contributed by atoms with Crippen molar-refractivity contribution in [1.82, 2.24) is 19.7 Å². The van der Waals surface area contributed by atoms with Crippen LogP contribution in [0.15, 0.2) is 56.9 Å². The molecule has 3 rings (SSSR count). The highest BCUT2D eigenvalue weighted by Crippen LogP contribution is 2.16. The van der Waals surface area contributed by atoms with E-state index in [0.717, 1.165) is 4.57 Å². The van der Waals surface area contributed by atoms with Crippen LogP contribution in [0.2, 0.25) is 5.02 Å². The molecule has 0 aliphatic carbocycles. The molecule has 24 heavy (non-hydrogen) atoms. The quantitative estimate of drug-likeness (QED) is 0.671. The molecule has 0 N–H and O–H groups in total. The zero-order valence-electron chi connectivity index (χ0n) is 12.2. The Hall–Kier alpha value is -2.52. The number of aromatic nitrogens is 4. The van der Waals surface area contributed by atoms with Crippen molar-refractivity contribution in [3.05, 3.63) is 58.3 Å². The summed E-state index contributed by atoms with van der Waals surface area (Å²) in [5.74, 6) is -0.835. The van der Waals surface area contributed by atoms with E-state index in [1.54, 1.807) is 6.07 Å². The normalized spacial score (nSPS) is 11.5. The predicted octanol–water partition coefficient (Wildman–Crippen LogP) is 1.42. The Balaban J connectivity index is 1.86. The molecular weight excluding hydrogens is 356 g/mol. The number of hydrogen-bond acceptors (Lipinski definition) is 7. The summed E-state index contributed by atoms with van der Waals surface area (Å²) in [5, 5.41) is 4.05. The number of rotatable bonds is 5. The molecule has 0 fully saturated rings. The summed E-state index contributed by atoms with van der Waals surface area (Å²) < 4.78 is 30.4. The van der Waals surface area contributed by atoms with E-state index in [2.05, 4.69) is 19.6 Å². The Bertz CT molecular complexity index is 997. The van der Waals surface area contributed by atoms with E-state index >= 15 is 0 Å². The van der Waals surface area contributed by atoms with Gasteiger partial charge in [0.1, 0.15) is 0 Å². The van der Waals surface area contributed by atoms with Gasteiger partial charge >= 0.3 is 5.76 Å². The van der Waals surface area contributed by atoms with Gasteiger partial charge in [-0.1, -0.05) is 16.8 Å². The molecule has 0 bridgehead atoms. The monoisotopic (exact) mass is 366 g/mol. The van der Waals surface area contributed by atoms with Crippen LogP contribution in [0.3, 0.4) is 0 Å². The highest BCUT2D eigenvalue weighted by Gasteiger charge is 2.19. The first-order valence-electron chi connectivity index (χ1n) is 6.79. The van der Waals surface area contributed by atoms with Crippen LogP contribution in [0.1, 0.15) is 0 Å². The van der Waals surface area contributed by atoms with E-state index in [4.69, 9.17) is 11.6 Å². The average molecular weight is 367 g/mol. The standard InChI is InChI=1S/C14H11ClN4O4S/c15-10-2-4-11(5-3-10)24(21,22)9-8-19-13(18-23-14(19)20)12-16-6-1-7-17-12/h1-7H,8-9H2. The topological polar surface area (TPSA) is 108 Å². The van der Waals surface area contributed by atoms with Gasteiger partial charge in [0.15, 0.2) is 15.7 Å². The van der Waals surface area contributed by atoms with Gasteiger partial charge in [0.25, 0.3) is 0 Å². The first-order chi connectivity index (χ1) is 11.5. The Kier molecular flexibility index (Phi) is 4.45. The van der Waals surface area contributed by atoms with Gasteiger partial charge in [0.05, 0.1) is 10.6 Å². The second kappa shape index (κ2) is 6.54. The molecule has 0 aliphatic rings. The van der Waals surface area contributed by atoms with Crippen LogP contribution < -0.4 is 5.76 Å². The van der Waals surface area contributed by atoms with Gasteiger partial charge in [-0.2, -0.15) is 0 Å². The maximum Gasteiger partial charge on any atom is 0.441 e. The van der Waals surface area contributed by atoms with E-state index in [1.165, 1.54) is 36.7 Å². The van der Waals surface area contributed by atoms with Gasteiger partial charge in [-0.05, 0) is 30.3 Å². The molecule has 124 valence electrons. The summed E-state index contributed by atoms with van der Waals surface area (Å²) >= 11 is 5.75. The zero-order valence-corrected chi connectivity index (χ0v) is 13.7. The SMILES string of the molecule is O=c1onc(-c2ncccn2)n1CCS(=O)(=O)c1ccc(Cl)cc1. The second-order valence-corrected chi connectivity index (χ2v) is 7.31. The average Bonchev–Trinajstić information content (AvgIpc) is 2.95. The first kappa shape index (κ1) is 16.3. The van der Waals surface area contributed by atoms with Crippen LogP contribution in [-0.2, 0) is 16.4 Å². The van der Waals surface area contributed by atoms with Crippen molar-refractivity contribution in [1.29, 1.82) is 0 Å². The molecule has 1 aromatic carbocycles. The van der Waals surface area contributed by atoms with Crippen LogP contribution in [0.4, 0.5) is 0 Å². The fourth-order valence-corrected chi connectivity index (χ4v) is 3.35. The van der Waals surface area contributed by atoms with Gasteiger partial charge in [-0.25, -0.2) is 23.2 Å². The van der Waals surface area contributed by atoms with Crippen molar-refractivity contribution in [2.45, 2.75) is 11.4 Å². The van der Waals surface area contributed by atoms with Crippen molar-refractivity contribution >= 4 is 21.4 Å². The molecule has 2 heterocycles. The molecule has 10 heteroatoms. The van der Waals surface area contributed by atoms with E-state index < -0.39 is 15.6 Å². The third-order valence-electron chi connectivity index (χ3n) is 3.21. The zero-order chi connectivity index (χ0) is 17.2. The number of halogens is 1. The lowest BCUT2D eigenvalue weighted by Gasteiger charge is -2.06. The summed E-state index contributed by atoms with van der Waals surface area (Å²) in [4.78, 5) is 19.9. The molecule has 2 aromatic heterocycles. The molecule has 8 nitrogen and oxygen atoms in total. The Labute approximate surface area is 141 Å². The third kappa shape index (κ3) is 3.36. The molecule has 0 radical (unpaired) electrons. The molecule has 3 aromatic rings. The van der Waals surface area contributed by atoms with Crippen LogP contribution in [0.5, 0.6) is 0 Å². The van der Waals surface area contributed by atoms with E-state index in [9.17, 15) is 13.2 Å². The summed E-state index contributed by atoms with van der Waals surface area (Å²) in [7, 11) is -3.60. The molecule has 0 unspecified atom stereocenters. The van der Waals surface area contributed by atoms with Gasteiger partial charge in [-0.3, -0.25) is 9.09 Å². The predicted molar refractivity (Wildman–Crippen MR) is 85.3 cm³/mol. The van der Waals surface area contributed by atoms with Crippen LogP contribution in [0.25, 0.3) is 11.6 Å². The van der Waals surface area contributed by atoms with E-state index in [0.29, 0.717) is 5.02 Å². The summed E-state index contributed by atoms with van der Waals surface area (Å²) in [5.41, 5.74) is 0. The number of hydrogen-bond donors (Lipinski definition) is 0. The number of sulfone groups is 1. The second-order valence-electron chi connectivity index (χ2n) is 4.77. The minimum absolute atomic E-state index is 0.0758. The first-order valence-corrected chi connectivity index (χ1v) is 8.82. The van der Waals surface area contributed by atoms with Gasteiger partial charge < -0.3 is 0 Å². The van der Waals surface area contributed by atoms with Gasteiger partial charge in [0, 0.05) is 24.0 Å². The highest BCUT2D eigenvalue weighted by atomic mass is 35.5. The Morgan fingerprint density at radius 2 is 1.79 bits per heavy atom. The lowest BCUT2D eigenvalue weighted by atomic mass is 10.4. The molecule has 0 aliphatic heterocycles. The minimum atomic E-state index is -3.60. The minimum Gasteiger partial charge on any atom is -0.295 e. The van der Waals surface area contributed by atoms with Crippen LogP contribution in [-0.4, -0.2) is 33.9 Å². The van der Waals surface area contributed by atoms with Gasteiger partial charge in [-0.15, -0.1) is 0 Å². The Morgan fingerprint density at radius 1 is 1.12 bits per heavy atom. The molecule has 0 spiro atoms. The molecular formula is C14H11ClN4O4S. The van der Waals surface area contributed by atoms with E-state index in [-0.39, 0.29) is 28.8 Å². The fraction of sp³-hybridized carbons (Fsp3) is 0.143.